The Morgan fingerprint density at radius 1 is 1.64 bits per heavy atom. The van der Waals surface area contributed by atoms with E-state index >= 15 is 0 Å². The van der Waals surface area contributed by atoms with Gasteiger partial charge in [-0.2, -0.15) is 5.26 Å². The van der Waals surface area contributed by atoms with Gasteiger partial charge >= 0.3 is 0 Å². The molecule has 0 spiro atoms. The van der Waals surface area contributed by atoms with Crippen molar-refractivity contribution >= 4 is 0 Å². The van der Waals surface area contributed by atoms with Crippen LogP contribution in [0.15, 0.2) is 6.07 Å². The summed E-state index contributed by atoms with van der Waals surface area (Å²) in [6.45, 7) is -0.0348. The first-order valence-corrected chi connectivity index (χ1v) is 3.71. The Bertz CT molecular complexity index is 387. The number of pyridine rings is 1. The molecular formula is C8H7F2N3O. The lowest BCUT2D eigenvalue weighted by molar-refractivity contribution is 0.141. The number of alkyl halides is 2. The van der Waals surface area contributed by atoms with Crippen LogP contribution in [0.5, 0.6) is 5.75 Å². The Balaban J connectivity index is 3.32. The number of rotatable bonds is 2. The third kappa shape index (κ3) is 1.78. The molecule has 0 saturated heterocycles. The van der Waals surface area contributed by atoms with Gasteiger partial charge in [0.05, 0.1) is 0 Å². The molecule has 3 N–H and O–H groups in total. The van der Waals surface area contributed by atoms with E-state index in [1.165, 1.54) is 0 Å². The Labute approximate surface area is 78.6 Å². The van der Waals surface area contributed by atoms with Crippen molar-refractivity contribution in [3.8, 4) is 11.8 Å². The van der Waals surface area contributed by atoms with Gasteiger partial charge in [0.25, 0.3) is 6.43 Å². The average molecular weight is 199 g/mol. The van der Waals surface area contributed by atoms with Crippen LogP contribution in [0.25, 0.3) is 0 Å². The van der Waals surface area contributed by atoms with Crippen LogP contribution in [0.2, 0.25) is 0 Å². The van der Waals surface area contributed by atoms with E-state index in [1.54, 1.807) is 6.07 Å². The summed E-state index contributed by atoms with van der Waals surface area (Å²) >= 11 is 0. The summed E-state index contributed by atoms with van der Waals surface area (Å²) in [5.41, 5.74) is 4.50. The normalized spacial score (nSPS) is 10.2. The van der Waals surface area contributed by atoms with E-state index in [9.17, 15) is 8.78 Å². The van der Waals surface area contributed by atoms with Gasteiger partial charge in [0.15, 0.2) is 0 Å². The molecule has 0 aromatic carbocycles. The van der Waals surface area contributed by atoms with Crippen molar-refractivity contribution in [2.75, 3.05) is 0 Å². The van der Waals surface area contributed by atoms with E-state index in [0.717, 1.165) is 6.07 Å². The predicted octanol–water partition coefficient (Wildman–Crippen LogP) is 1.06. The fraction of sp³-hybridized carbons (Fsp3) is 0.250. The Morgan fingerprint density at radius 2 is 2.29 bits per heavy atom. The van der Waals surface area contributed by atoms with Gasteiger partial charge in [-0.05, 0) is 6.07 Å². The molecule has 0 aliphatic rings. The van der Waals surface area contributed by atoms with Crippen molar-refractivity contribution in [1.82, 2.24) is 4.98 Å². The van der Waals surface area contributed by atoms with Crippen molar-refractivity contribution in [2.45, 2.75) is 13.0 Å². The zero-order chi connectivity index (χ0) is 10.7. The monoisotopic (exact) mass is 199 g/mol. The smallest absolute Gasteiger partial charge is 0.284 e. The second-order valence-corrected chi connectivity index (χ2v) is 2.52. The topological polar surface area (TPSA) is 82.9 Å². The van der Waals surface area contributed by atoms with Crippen LogP contribution in [0, 0.1) is 11.3 Å². The summed E-state index contributed by atoms with van der Waals surface area (Å²) in [6.07, 6.45) is -2.91. The molecule has 74 valence electrons. The summed E-state index contributed by atoms with van der Waals surface area (Å²) in [6, 6.07) is 2.67. The fourth-order valence-electron chi connectivity index (χ4n) is 0.970. The minimum Gasteiger partial charge on any atom is -0.506 e. The van der Waals surface area contributed by atoms with Crippen LogP contribution in [0.1, 0.15) is 23.4 Å². The second-order valence-electron chi connectivity index (χ2n) is 2.52. The van der Waals surface area contributed by atoms with Crippen LogP contribution in [-0.2, 0) is 6.54 Å². The van der Waals surface area contributed by atoms with Gasteiger partial charge in [0, 0.05) is 12.1 Å². The van der Waals surface area contributed by atoms with Crippen LogP contribution in [0.3, 0.4) is 0 Å². The van der Waals surface area contributed by atoms with Crippen LogP contribution in [0.4, 0.5) is 8.78 Å². The highest BCUT2D eigenvalue weighted by molar-refractivity contribution is 5.40. The molecule has 1 heterocycles. The third-order valence-corrected chi connectivity index (χ3v) is 1.64. The molecule has 14 heavy (non-hydrogen) atoms. The van der Waals surface area contributed by atoms with Crippen LogP contribution in [-0.4, -0.2) is 10.1 Å². The molecule has 0 aliphatic carbocycles. The molecule has 1 aromatic rings. The van der Waals surface area contributed by atoms with Crippen LogP contribution >= 0.6 is 0 Å². The van der Waals surface area contributed by atoms with Crippen molar-refractivity contribution < 1.29 is 13.9 Å². The number of nitrogens with zero attached hydrogens (tertiary/aromatic N) is 2. The Hall–Kier alpha value is -1.74. The molecule has 0 amide bonds. The van der Waals surface area contributed by atoms with E-state index in [4.69, 9.17) is 16.1 Å². The summed E-state index contributed by atoms with van der Waals surface area (Å²) in [7, 11) is 0. The number of halogens is 2. The number of aromatic hydroxyl groups is 1. The molecule has 0 saturated carbocycles. The number of nitriles is 1. The minimum atomic E-state index is -2.91. The van der Waals surface area contributed by atoms with Crippen molar-refractivity contribution in [3.63, 3.8) is 0 Å². The van der Waals surface area contributed by atoms with E-state index in [-0.39, 0.29) is 17.8 Å². The number of nitrogens with two attached hydrogens (primary N) is 1. The van der Waals surface area contributed by atoms with E-state index in [1.807, 2.05) is 0 Å². The quantitative estimate of drug-likeness (QED) is 0.745. The summed E-state index contributed by atoms with van der Waals surface area (Å²) in [4.78, 5) is 3.32. The molecule has 0 aliphatic heterocycles. The van der Waals surface area contributed by atoms with Gasteiger partial charge < -0.3 is 10.8 Å². The van der Waals surface area contributed by atoms with Gasteiger partial charge in [-0.1, -0.05) is 0 Å². The van der Waals surface area contributed by atoms with Crippen LogP contribution < -0.4 is 5.73 Å². The Kier molecular flexibility index (Phi) is 2.94. The summed E-state index contributed by atoms with van der Waals surface area (Å²) < 4.78 is 24.4. The predicted molar refractivity (Wildman–Crippen MR) is 43.5 cm³/mol. The first-order chi connectivity index (χ1) is 6.60. The molecule has 1 aromatic heterocycles. The zero-order valence-corrected chi connectivity index (χ0v) is 7.04. The summed E-state index contributed by atoms with van der Waals surface area (Å²) in [5.74, 6) is -0.639. The van der Waals surface area contributed by atoms with Crippen molar-refractivity contribution in [2.24, 2.45) is 5.73 Å². The van der Waals surface area contributed by atoms with E-state index in [0.29, 0.717) is 0 Å². The number of aromatic nitrogens is 1. The maximum atomic E-state index is 12.2. The molecule has 0 radical (unpaired) electrons. The minimum absolute atomic E-state index is 0.0348. The first kappa shape index (κ1) is 10.3. The maximum absolute atomic E-state index is 12.2. The number of hydrogen-bond donors (Lipinski definition) is 2. The first-order valence-electron chi connectivity index (χ1n) is 3.71. The SMILES string of the molecule is N#Cc1nc(C(F)F)c(O)cc1CN. The zero-order valence-electron chi connectivity index (χ0n) is 7.04. The molecular weight excluding hydrogens is 192 g/mol. The molecule has 0 bridgehead atoms. The van der Waals surface area contributed by atoms with Gasteiger partial charge in [0.2, 0.25) is 0 Å². The van der Waals surface area contributed by atoms with Crippen molar-refractivity contribution in [1.29, 1.82) is 5.26 Å². The third-order valence-electron chi connectivity index (χ3n) is 1.64. The lowest BCUT2D eigenvalue weighted by Gasteiger charge is -2.05. The highest BCUT2D eigenvalue weighted by atomic mass is 19.3. The number of hydrogen-bond acceptors (Lipinski definition) is 4. The molecule has 0 unspecified atom stereocenters. The lowest BCUT2D eigenvalue weighted by Crippen LogP contribution is -2.04. The standard InChI is InChI=1S/C8H7F2N3O/c9-8(10)7-6(14)1-4(2-11)5(3-12)13-7/h1,8,14H,2,11H2. The molecule has 0 atom stereocenters. The molecule has 6 heteroatoms. The maximum Gasteiger partial charge on any atom is 0.284 e. The highest BCUT2D eigenvalue weighted by Gasteiger charge is 2.17. The Morgan fingerprint density at radius 3 is 2.71 bits per heavy atom. The van der Waals surface area contributed by atoms with Gasteiger partial charge in [-0.25, -0.2) is 13.8 Å². The van der Waals surface area contributed by atoms with Crippen molar-refractivity contribution in [3.05, 3.63) is 23.0 Å². The molecule has 4 nitrogen and oxygen atoms in total. The fourth-order valence-corrected chi connectivity index (χ4v) is 0.970. The highest BCUT2D eigenvalue weighted by Crippen LogP contribution is 2.27. The average Bonchev–Trinajstić information content (AvgIpc) is 2.16. The van der Waals surface area contributed by atoms with E-state index < -0.39 is 17.9 Å². The van der Waals surface area contributed by atoms with Gasteiger partial charge in [0.1, 0.15) is 23.2 Å². The summed E-state index contributed by atoms with van der Waals surface area (Å²) in [5, 5.41) is 17.7. The lowest BCUT2D eigenvalue weighted by atomic mass is 10.1. The van der Waals surface area contributed by atoms with Gasteiger partial charge in [-0.3, -0.25) is 0 Å². The van der Waals surface area contributed by atoms with E-state index in [2.05, 4.69) is 4.98 Å². The van der Waals surface area contributed by atoms with Gasteiger partial charge in [-0.15, -0.1) is 0 Å². The molecule has 0 fully saturated rings. The largest absolute Gasteiger partial charge is 0.506 e. The molecule has 1 rings (SSSR count). The second kappa shape index (κ2) is 3.98.